The summed E-state index contributed by atoms with van der Waals surface area (Å²) in [6.07, 6.45) is 7.36. The molecule has 0 aliphatic carbocycles. The van der Waals surface area contributed by atoms with Crippen molar-refractivity contribution in [2.75, 3.05) is 6.26 Å². The maximum absolute atomic E-state index is 8.41. The fraction of sp³-hybridized carbons (Fsp3) is 0.500. The SMILES string of the molecule is CSC[n+]1cc[nH]c1CCC#N. The van der Waals surface area contributed by atoms with E-state index in [9.17, 15) is 0 Å². The van der Waals surface area contributed by atoms with E-state index in [-0.39, 0.29) is 0 Å². The van der Waals surface area contributed by atoms with Gasteiger partial charge in [-0.05, 0) is 6.26 Å². The van der Waals surface area contributed by atoms with Crippen LogP contribution in [0.5, 0.6) is 0 Å². The van der Waals surface area contributed by atoms with Crippen molar-refractivity contribution in [2.24, 2.45) is 0 Å². The molecule has 1 aromatic heterocycles. The molecule has 0 bridgehead atoms. The summed E-state index contributed by atoms with van der Waals surface area (Å²) in [6.45, 7) is 0. The van der Waals surface area contributed by atoms with Crippen molar-refractivity contribution in [3.63, 3.8) is 0 Å². The molecule has 0 unspecified atom stereocenters. The molecule has 12 heavy (non-hydrogen) atoms. The molecule has 0 fully saturated rings. The second kappa shape index (κ2) is 4.83. The minimum atomic E-state index is 0.578. The van der Waals surface area contributed by atoms with E-state index in [2.05, 4.69) is 21.9 Å². The predicted octanol–water partition coefficient (Wildman–Crippen LogP) is 1.08. The lowest BCUT2D eigenvalue weighted by Crippen LogP contribution is -2.34. The third kappa shape index (κ3) is 2.28. The molecule has 0 aromatic carbocycles. The van der Waals surface area contributed by atoms with Crippen LogP contribution in [0.15, 0.2) is 12.4 Å². The van der Waals surface area contributed by atoms with Crippen LogP contribution in [0.1, 0.15) is 12.2 Å². The number of aromatic nitrogens is 2. The third-order valence-electron chi connectivity index (χ3n) is 1.59. The summed E-state index contributed by atoms with van der Waals surface area (Å²) in [7, 11) is 0. The minimum Gasteiger partial charge on any atom is -0.248 e. The summed E-state index contributed by atoms with van der Waals surface area (Å²) >= 11 is 1.77. The molecule has 0 aliphatic rings. The van der Waals surface area contributed by atoms with Crippen molar-refractivity contribution < 1.29 is 4.57 Å². The van der Waals surface area contributed by atoms with E-state index in [1.807, 2.05) is 12.4 Å². The zero-order valence-corrected chi connectivity index (χ0v) is 7.90. The van der Waals surface area contributed by atoms with Crippen LogP contribution in [-0.4, -0.2) is 11.2 Å². The Morgan fingerprint density at radius 3 is 3.25 bits per heavy atom. The highest BCUT2D eigenvalue weighted by Gasteiger charge is 2.08. The second-order valence-corrected chi connectivity index (χ2v) is 3.29. The Hall–Kier alpha value is -0.950. The number of nitriles is 1. The standard InChI is InChI=1S/C8H11N3S/c1-12-7-11-6-5-10-8(11)3-2-4-9/h5-6H,2-3,7H2,1H3/p+1. The van der Waals surface area contributed by atoms with Crippen LogP contribution in [0.2, 0.25) is 0 Å². The van der Waals surface area contributed by atoms with Crippen LogP contribution in [-0.2, 0) is 12.3 Å². The van der Waals surface area contributed by atoms with Gasteiger partial charge in [-0.2, -0.15) is 5.26 Å². The molecule has 0 saturated heterocycles. The van der Waals surface area contributed by atoms with E-state index in [1.165, 1.54) is 0 Å². The number of aryl methyl sites for hydroxylation is 1. The largest absolute Gasteiger partial charge is 0.255 e. The van der Waals surface area contributed by atoms with Gasteiger partial charge in [0.15, 0.2) is 0 Å². The number of H-pyrrole nitrogens is 1. The lowest BCUT2D eigenvalue weighted by Gasteiger charge is -1.94. The highest BCUT2D eigenvalue weighted by atomic mass is 32.2. The lowest BCUT2D eigenvalue weighted by atomic mass is 10.3. The highest BCUT2D eigenvalue weighted by Crippen LogP contribution is 1.96. The number of rotatable bonds is 4. The summed E-state index contributed by atoms with van der Waals surface area (Å²) in [4.78, 5) is 3.12. The summed E-state index contributed by atoms with van der Waals surface area (Å²) in [5.74, 6) is 2.08. The van der Waals surface area contributed by atoms with Gasteiger partial charge in [-0.1, -0.05) is 0 Å². The average molecular weight is 182 g/mol. The first-order valence-corrected chi connectivity index (χ1v) is 5.19. The first-order chi connectivity index (χ1) is 5.88. The summed E-state index contributed by atoms with van der Waals surface area (Å²) < 4.78 is 2.13. The molecular formula is C8H12N3S+. The zero-order valence-electron chi connectivity index (χ0n) is 7.08. The van der Waals surface area contributed by atoms with Gasteiger partial charge in [-0.15, -0.1) is 11.8 Å². The van der Waals surface area contributed by atoms with Crippen LogP contribution in [0.3, 0.4) is 0 Å². The summed E-state index contributed by atoms with van der Waals surface area (Å²) in [5, 5.41) is 8.41. The van der Waals surface area contributed by atoms with Gasteiger partial charge in [0.05, 0.1) is 12.5 Å². The average Bonchev–Trinajstić information content (AvgIpc) is 2.50. The summed E-state index contributed by atoms with van der Waals surface area (Å²) in [5.41, 5.74) is 0. The number of nitrogens with one attached hydrogen (secondary N) is 1. The Balaban J connectivity index is 2.58. The van der Waals surface area contributed by atoms with E-state index < -0.39 is 0 Å². The van der Waals surface area contributed by atoms with Gasteiger partial charge in [0.1, 0.15) is 18.3 Å². The summed E-state index contributed by atoms with van der Waals surface area (Å²) in [6, 6.07) is 2.14. The molecule has 0 radical (unpaired) electrons. The molecule has 0 saturated carbocycles. The maximum atomic E-state index is 8.41. The van der Waals surface area contributed by atoms with Crippen LogP contribution < -0.4 is 4.57 Å². The molecule has 4 heteroatoms. The fourth-order valence-corrected chi connectivity index (χ4v) is 1.57. The van der Waals surface area contributed by atoms with Crippen molar-refractivity contribution in [2.45, 2.75) is 18.7 Å². The molecule has 1 N–H and O–H groups in total. The van der Waals surface area contributed by atoms with Crippen LogP contribution in [0.25, 0.3) is 0 Å². The molecule has 1 heterocycles. The Bertz CT molecular complexity index is 274. The van der Waals surface area contributed by atoms with Crippen molar-refractivity contribution in [3.05, 3.63) is 18.2 Å². The van der Waals surface area contributed by atoms with E-state index in [0.29, 0.717) is 6.42 Å². The third-order valence-corrected chi connectivity index (χ3v) is 2.13. The number of hydrogen-bond acceptors (Lipinski definition) is 2. The van der Waals surface area contributed by atoms with Crippen molar-refractivity contribution in [1.29, 1.82) is 5.26 Å². The van der Waals surface area contributed by atoms with Gasteiger partial charge in [0, 0.05) is 6.42 Å². The molecular weight excluding hydrogens is 170 g/mol. The zero-order chi connectivity index (χ0) is 8.81. The van der Waals surface area contributed by atoms with Gasteiger partial charge in [-0.25, -0.2) is 9.55 Å². The van der Waals surface area contributed by atoms with E-state index in [4.69, 9.17) is 5.26 Å². The van der Waals surface area contributed by atoms with Crippen molar-refractivity contribution in [3.8, 4) is 6.07 Å². The first-order valence-electron chi connectivity index (χ1n) is 3.80. The van der Waals surface area contributed by atoms with E-state index >= 15 is 0 Å². The van der Waals surface area contributed by atoms with E-state index in [0.717, 1.165) is 18.1 Å². The number of thioether (sulfide) groups is 1. The molecule has 1 rings (SSSR count). The molecule has 0 spiro atoms. The number of aromatic amines is 1. The number of hydrogen-bond donors (Lipinski definition) is 1. The van der Waals surface area contributed by atoms with Crippen LogP contribution in [0, 0.1) is 11.3 Å². The molecule has 0 atom stereocenters. The van der Waals surface area contributed by atoms with Crippen LogP contribution >= 0.6 is 11.8 Å². The van der Waals surface area contributed by atoms with Gasteiger partial charge < -0.3 is 0 Å². The Kier molecular flexibility index (Phi) is 3.68. The Labute approximate surface area is 76.4 Å². The van der Waals surface area contributed by atoms with Gasteiger partial charge in [-0.3, -0.25) is 0 Å². The predicted molar refractivity (Wildman–Crippen MR) is 48.4 cm³/mol. The molecule has 64 valence electrons. The number of nitrogens with zero attached hydrogens (tertiary/aromatic N) is 2. The minimum absolute atomic E-state index is 0.578. The molecule has 1 aromatic rings. The lowest BCUT2D eigenvalue weighted by molar-refractivity contribution is -0.682. The van der Waals surface area contributed by atoms with E-state index in [1.54, 1.807) is 11.8 Å². The van der Waals surface area contributed by atoms with Gasteiger partial charge in [0.25, 0.3) is 5.82 Å². The highest BCUT2D eigenvalue weighted by molar-refractivity contribution is 7.97. The second-order valence-electron chi connectivity index (χ2n) is 2.45. The Morgan fingerprint density at radius 2 is 2.58 bits per heavy atom. The molecule has 0 aliphatic heterocycles. The van der Waals surface area contributed by atoms with Gasteiger partial charge >= 0.3 is 0 Å². The quantitative estimate of drug-likeness (QED) is 0.708. The molecule has 0 amide bonds. The van der Waals surface area contributed by atoms with Crippen LogP contribution in [0.4, 0.5) is 0 Å². The first kappa shape index (κ1) is 9.14. The maximum Gasteiger partial charge on any atom is 0.255 e. The number of imidazole rings is 1. The van der Waals surface area contributed by atoms with Gasteiger partial charge in [0.2, 0.25) is 0 Å². The normalized spacial score (nSPS) is 9.67. The Morgan fingerprint density at radius 1 is 1.75 bits per heavy atom. The molecule has 3 nitrogen and oxygen atoms in total. The smallest absolute Gasteiger partial charge is 0.248 e. The monoisotopic (exact) mass is 182 g/mol. The fourth-order valence-electron chi connectivity index (χ4n) is 1.05. The van der Waals surface area contributed by atoms with Crippen molar-refractivity contribution in [1.82, 2.24) is 4.98 Å². The van der Waals surface area contributed by atoms with Crippen molar-refractivity contribution >= 4 is 11.8 Å². The topological polar surface area (TPSA) is 43.5 Å².